The van der Waals surface area contributed by atoms with Crippen molar-refractivity contribution in [2.75, 3.05) is 6.61 Å². The van der Waals surface area contributed by atoms with E-state index in [1.165, 1.54) is 0 Å². The van der Waals surface area contributed by atoms with Crippen molar-refractivity contribution in [1.82, 2.24) is 4.98 Å². The third-order valence-corrected chi connectivity index (χ3v) is 4.27. The summed E-state index contributed by atoms with van der Waals surface area (Å²) in [6.07, 6.45) is 3.35. The fraction of sp³-hybridized carbons (Fsp3) is 0.400. The number of benzene rings is 1. The summed E-state index contributed by atoms with van der Waals surface area (Å²) in [5, 5.41) is 10.4. The van der Waals surface area contributed by atoms with Crippen LogP contribution in [0.15, 0.2) is 34.9 Å². The predicted molar refractivity (Wildman–Crippen MR) is 82.2 cm³/mol. The predicted octanol–water partition coefficient (Wildman–Crippen LogP) is 3.20. The standard InChI is InChI=1S/C15H19BrN2O/c1-2-14(17)10(7-9-19)11-5-6-13(16)12-4-3-8-18-15(11)12/h3-6,8,10,14,19H,2,7,9,17H2,1H3. The number of rotatable bonds is 5. The molecule has 2 rings (SSSR count). The highest BCUT2D eigenvalue weighted by Crippen LogP contribution is 2.33. The summed E-state index contributed by atoms with van der Waals surface area (Å²) in [5.41, 5.74) is 8.31. The van der Waals surface area contributed by atoms with Gasteiger partial charge in [-0.25, -0.2) is 0 Å². The van der Waals surface area contributed by atoms with E-state index < -0.39 is 0 Å². The van der Waals surface area contributed by atoms with Gasteiger partial charge in [-0.15, -0.1) is 0 Å². The van der Waals surface area contributed by atoms with Crippen molar-refractivity contribution in [2.45, 2.75) is 31.7 Å². The van der Waals surface area contributed by atoms with Gasteiger partial charge in [0, 0.05) is 34.6 Å². The Morgan fingerprint density at radius 1 is 1.37 bits per heavy atom. The summed E-state index contributed by atoms with van der Waals surface area (Å²) >= 11 is 3.55. The van der Waals surface area contributed by atoms with Crippen molar-refractivity contribution >= 4 is 26.8 Å². The fourth-order valence-corrected chi connectivity index (χ4v) is 2.93. The third-order valence-electron chi connectivity index (χ3n) is 3.58. The zero-order valence-corrected chi connectivity index (χ0v) is 12.6. The van der Waals surface area contributed by atoms with Crippen molar-refractivity contribution in [3.05, 3.63) is 40.5 Å². The number of pyridine rings is 1. The molecule has 3 nitrogen and oxygen atoms in total. The van der Waals surface area contributed by atoms with E-state index in [-0.39, 0.29) is 18.6 Å². The quantitative estimate of drug-likeness (QED) is 0.888. The van der Waals surface area contributed by atoms with Gasteiger partial charge in [-0.3, -0.25) is 4.98 Å². The molecule has 0 spiro atoms. The minimum atomic E-state index is 0.0403. The maximum atomic E-state index is 9.28. The molecule has 0 aliphatic rings. The van der Waals surface area contributed by atoms with Gasteiger partial charge in [-0.2, -0.15) is 0 Å². The van der Waals surface area contributed by atoms with E-state index in [1.54, 1.807) is 6.20 Å². The molecule has 2 unspecified atom stereocenters. The first-order chi connectivity index (χ1) is 9.19. The van der Waals surface area contributed by atoms with Crippen LogP contribution >= 0.6 is 15.9 Å². The van der Waals surface area contributed by atoms with Gasteiger partial charge in [0.15, 0.2) is 0 Å². The van der Waals surface area contributed by atoms with Crippen LogP contribution in [-0.2, 0) is 0 Å². The zero-order chi connectivity index (χ0) is 13.8. The monoisotopic (exact) mass is 322 g/mol. The Hall–Kier alpha value is -0.970. The molecule has 0 saturated carbocycles. The van der Waals surface area contributed by atoms with Gasteiger partial charge in [-0.05, 0) is 30.5 Å². The molecule has 0 bridgehead atoms. The maximum Gasteiger partial charge on any atom is 0.0748 e. The van der Waals surface area contributed by atoms with Crippen LogP contribution in [0.4, 0.5) is 0 Å². The lowest BCUT2D eigenvalue weighted by Gasteiger charge is -2.23. The lowest BCUT2D eigenvalue weighted by Crippen LogP contribution is -2.28. The fourth-order valence-electron chi connectivity index (χ4n) is 2.48. The van der Waals surface area contributed by atoms with E-state index in [1.807, 2.05) is 18.2 Å². The van der Waals surface area contributed by atoms with Crippen LogP contribution in [0.3, 0.4) is 0 Å². The first-order valence-corrected chi connectivity index (χ1v) is 7.37. The Morgan fingerprint density at radius 2 is 2.16 bits per heavy atom. The van der Waals surface area contributed by atoms with E-state index in [9.17, 15) is 5.11 Å². The summed E-state index contributed by atoms with van der Waals surface area (Å²) in [7, 11) is 0. The Bertz CT molecular complexity index is 559. The maximum absolute atomic E-state index is 9.28. The van der Waals surface area contributed by atoms with Gasteiger partial charge in [0.1, 0.15) is 0 Å². The smallest absolute Gasteiger partial charge is 0.0748 e. The minimum Gasteiger partial charge on any atom is -0.396 e. The Kier molecular flexibility index (Phi) is 4.91. The molecule has 1 heterocycles. The highest BCUT2D eigenvalue weighted by atomic mass is 79.9. The molecule has 0 radical (unpaired) electrons. The molecule has 2 atom stereocenters. The van der Waals surface area contributed by atoms with Crippen molar-refractivity contribution in [3.63, 3.8) is 0 Å². The molecule has 0 aliphatic heterocycles. The number of nitrogens with zero attached hydrogens (tertiary/aromatic N) is 1. The summed E-state index contributed by atoms with van der Waals surface area (Å²) in [5.74, 6) is 0.139. The third kappa shape index (κ3) is 2.96. The van der Waals surface area contributed by atoms with Crippen LogP contribution in [0.5, 0.6) is 0 Å². The van der Waals surface area contributed by atoms with E-state index in [2.05, 4.69) is 33.9 Å². The first-order valence-electron chi connectivity index (χ1n) is 6.58. The Labute approximate surface area is 122 Å². The molecule has 1 aromatic heterocycles. The minimum absolute atomic E-state index is 0.0403. The van der Waals surface area contributed by atoms with Gasteiger partial charge in [0.05, 0.1) is 5.52 Å². The van der Waals surface area contributed by atoms with Crippen LogP contribution < -0.4 is 5.73 Å². The largest absolute Gasteiger partial charge is 0.396 e. The Balaban J connectivity index is 2.56. The summed E-state index contributed by atoms with van der Waals surface area (Å²) in [6, 6.07) is 8.11. The van der Waals surface area contributed by atoms with Gasteiger partial charge >= 0.3 is 0 Å². The summed E-state index contributed by atoms with van der Waals surface area (Å²) < 4.78 is 1.03. The molecule has 2 aromatic rings. The number of aliphatic hydroxyl groups is 1. The zero-order valence-electron chi connectivity index (χ0n) is 11.0. The summed E-state index contributed by atoms with van der Waals surface area (Å²) in [4.78, 5) is 4.49. The van der Waals surface area contributed by atoms with Crippen LogP contribution in [0.1, 0.15) is 31.2 Å². The normalized spacial score (nSPS) is 14.5. The van der Waals surface area contributed by atoms with Crippen molar-refractivity contribution < 1.29 is 5.11 Å². The van der Waals surface area contributed by atoms with E-state index in [0.717, 1.165) is 27.4 Å². The van der Waals surface area contributed by atoms with Crippen LogP contribution in [0.25, 0.3) is 10.9 Å². The van der Waals surface area contributed by atoms with Gasteiger partial charge in [-0.1, -0.05) is 35.0 Å². The number of halogens is 1. The van der Waals surface area contributed by atoms with Crippen LogP contribution in [0, 0.1) is 0 Å². The van der Waals surface area contributed by atoms with Crippen molar-refractivity contribution in [3.8, 4) is 0 Å². The molecule has 0 amide bonds. The molecule has 4 heteroatoms. The number of aromatic nitrogens is 1. The average molecular weight is 323 g/mol. The molecular weight excluding hydrogens is 304 g/mol. The van der Waals surface area contributed by atoms with Gasteiger partial charge in [0.25, 0.3) is 0 Å². The molecule has 102 valence electrons. The van der Waals surface area contributed by atoms with Gasteiger partial charge < -0.3 is 10.8 Å². The molecule has 0 saturated heterocycles. The second-order valence-corrected chi connectivity index (χ2v) is 5.58. The molecule has 3 N–H and O–H groups in total. The lowest BCUT2D eigenvalue weighted by atomic mass is 9.86. The Morgan fingerprint density at radius 3 is 2.84 bits per heavy atom. The SMILES string of the molecule is CCC(N)C(CCO)c1ccc(Br)c2cccnc12. The topological polar surface area (TPSA) is 59.1 Å². The number of hydrogen-bond acceptors (Lipinski definition) is 3. The molecular formula is C15H19BrN2O. The van der Waals surface area contributed by atoms with Crippen molar-refractivity contribution in [2.24, 2.45) is 5.73 Å². The van der Waals surface area contributed by atoms with E-state index in [0.29, 0.717) is 6.42 Å². The molecule has 1 aromatic carbocycles. The second-order valence-electron chi connectivity index (χ2n) is 4.73. The second kappa shape index (κ2) is 6.46. The van der Waals surface area contributed by atoms with Crippen LogP contribution in [-0.4, -0.2) is 22.7 Å². The number of hydrogen-bond donors (Lipinski definition) is 2. The van der Waals surface area contributed by atoms with E-state index in [4.69, 9.17) is 5.73 Å². The number of aliphatic hydroxyl groups excluding tert-OH is 1. The van der Waals surface area contributed by atoms with E-state index >= 15 is 0 Å². The van der Waals surface area contributed by atoms with Gasteiger partial charge in [0.2, 0.25) is 0 Å². The average Bonchev–Trinajstić information content (AvgIpc) is 2.45. The highest BCUT2D eigenvalue weighted by Gasteiger charge is 2.21. The highest BCUT2D eigenvalue weighted by molar-refractivity contribution is 9.10. The molecule has 19 heavy (non-hydrogen) atoms. The van der Waals surface area contributed by atoms with Crippen LogP contribution in [0.2, 0.25) is 0 Å². The number of nitrogens with two attached hydrogens (primary N) is 1. The first kappa shape index (κ1) is 14.4. The molecule has 0 aliphatic carbocycles. The lowest BCUT2D eigenvalue weighted by molar-refractivity contribution is 0.266. The summed E-state index contributed by atoms with van der Waals surface area (Å²) in [6.45, 7) is 2.21. The number of fused-ring (bicyclic) bond motifs is 1. The van der Waals surface area contributed by atoms with Crippen molar-refractivity contribution in [1.29, 1.82) is 0 Å². The molecule has 0 fully saturated rings.